The molecule has 0 saturated carbocycles. The van der Waals surface area contributed by atoms with Gasteiger partial charge in [-0.15, -0.1) is 0 Å². The van der Waals surface area contributed by atoms with Gasteiger partial charge in [-0.3, -0.25) is 10.8 Å². The lowest BCUT2D eigenvalue weighted by atomic mass is 10.1. The van der Waals surface area contributed by atoms with Gasteiger partial charge in [0.1, 0.15) is 12.2 Å². The number of fused-ring (bicyclic) bond motifs is 1. The van der Waals surface area contributed by atoms with Crippen LogP contribution < -0.4 is 22.5 Å². The van der Waals surface area contributed by atoms with Crippen molar-refractivity contribution in [2.75, 3.05) is 0 Å². The molecule has 2 rings (SSSR count). The molecule has 0 aliphatic carbocycles. The number of amidine groups is 2. The molecule has 0 radical (unpaired) electrons. The number of nitrogens with zero attached hydrogens (tertiary/aromatic N) is 3. The van der Waals surface area contributed by atoms with E-state index in [-0.39, 0.29) is 6.04 Å². The highest BCUT2D eigenvalue weighted by Gasteiger charge is 2.26. The predicted octanol–water partition coefficient (Wildman–Crippen LogP) is -1.98. The van der Waals surface area contributed by atoms with Crippen molar-refractivity contribution in [3.63, 3.8) is 0 Å². The minimum Gasteiger partial charge on any atom is -0.325 e. The predicted molar refractivity (Wildman–Crippen MR) is 49.9 cm³/mol. The van der Waals surface area contributed by atoms with E-state index in [0.717, 1.165) is 5.70 Å². The minimum atomic E-state index is -0.206. The molecule has 0 aromatic rings. The first-order valence-corrected chi connectivity index (χ1v) is 3.68. The number of hydrogen-bond donors (Lipinski definition) is 4. The summed E-state index contributed by atoms with van der Waals surface area (Å²) in [6.45, 7) is 0. The van der Waals surface area contributed by atoms with Crippen LogP contribution in [0.15, 0.2) is 26.8 Å². The molecule has 0 bridgehead atoms. The van der Waals surface area contributed by atoms with Crippen molar-refractivity contribution in [1.29, 1.82) is 0 Å². The molecule has 0 saturated heterocycles. The molecule has 7 heteroatoms. The normalized spacial score (nSPS) is 24.5. The van der Waals surface area contributed by atoms with Gasteiger partial charge in [0.2, 0.25) is 0 Å². The Balaban J connectivity index is 2.36. The van der Waals surface area contributed by atoms with Crippen molar-refractivity contribution < 1.29 is 0 Å². The number of nitrogens with two attached hydrogens (primary N) is 2. The number of rotatable bonds is 1. The van der Waals surface area contributed by atoms with E-state index in [1.54, 1.807) is 6.08 Å². The summed E-state index contributed by atoms with van der Waals surface area (Å²) in [4.78, 5) is 12.1. The third-order valence-electron chi connectivity index (χ3n) is 1.79. The lowest BCUT2D eigenvalue weighted by molar-refractivity contribution is 0.799. The minimum absolute atomic E-state index is 0.206. The molecule has 1 atom stereocenters. The van der Waals surface area contributed by atoms with E-state index < -0.39 is 0 Å². The molecule has 2 aliphatic rings. The van der Waals surface area contributed by atoms with Crippen LogP contribution in [0.2, 0.25) is 0 Å². The molecule has 6 N–H and O–H groups in total. The van der Waals surface area contributed by atoms with E-state index in [0.29, 0.717) is 11.7 Å². The second-order valence-electron chi connectivity index (χ2n) is 2.54. The first-order chi connectivity index (χ1) is 6.35. The Hall–Kier alpha value is -1.73. The molecule has 0 spiro atoms. The average molecular weight is 179 g/mol. The topological polar surface area (TPSA) is 113 Å². The molecule has 0 aromatic carbocycles. The van der Waals surface area contributed by atoms with Gasteiger partial charge in [0.25, 0.3) is 0 Å². The van der Waals surface area contributed by atoms with E-state index in [4.69, 9.17) is 11.7 Å². The van der Waals surface area contributed by atoms with Crippen molar-refractivity contribution in [1.82, 2.24) is 10.9 Å². The molecular formula is C6H9N7. The summed E-state index contributed by atoms with van der Waals surface area (Å²) in [6, 6.07) is -0.206. The van der Waals surface area contributed by atoms with Gasteiger partial charge < -0.3 is 10.9 Å². The zero-order chi connectivity index (χ0) is 9.26. The molecular weight excluding hydrogens is 170 g/mol. The molecule has 7 nitrogen and oxygen atoms in total. The smallest absolute Gasteiger partial charge is 0.163 e. The molecule has 0 amide bonds. The van der Waals surface area contributed by atoms with Gasteiger partial charge >= 0.3 is 0 Å². The molecule has 13 heavy (non-hydrogen) atoms. The second-order valence-corrected chi connectivity index (χ2v) is 2.54. The maximum absolute atomic E-state index is 5.31. The zero-order valence-corrected chi connectivity index (χ0v) is 6.73. The highest BCUT2D eigenvalue weighted by atomic mass is 15.3. The van der Waals surface area contributed by atoms with Crippen LogP contribution in [0, 0.1) is 0 Å². The van der Waals surface area contributed by atoms with E-state index >= 15 is 0 Å². The molecule has 0 aromatic heterocycles. The van der Waals surface area contributed by atoms with Crippen molar-refractivity contribution in [2.45, 2.75) is 6.04 Å². The SMILES string of the molecule is NNC1=CC(NN)=NC2=NC=NC12. The summed E-state index contributed by atoms with van der Waals surface area (Å²) in [5.41, 5.74) is 5.67. The fourth-order valence-corrected chi connectivity index (χ4v) is 1.18. The van der Waals surface area contributed by atoms with E-state index in [1.165, 1.54) is 6.34 Å². The number of aliphatic imine (C=N–C) groups is 3. The summed E-state index contributed by atoms with van der Waals surface area (Å²) in [7, 11) is 0. The van der Waals surface area contributed by atoms with Crippen LogP contribution in [0.3, 0.4) is 0 Å². The Morgan fingerprint density at radius 3 is 2.85 bits per heavy atom. The van der Waals surface area contributed by atoms with Gasteiger partial charge in [-0.25, -0.2) is 15.8 Å². The second kappa shape index (κ2) is 2.96. The maximum Gasteiger partial charge on any atom is 0.163 e. The Morgan fingerprint density at radius 1 is 1.31 bits per heavy atom. The fraction of sp³-hybridized carbons (Fsp3) is 0.167. The van der Waals surface area contributed by atoms with Crippen LogP contribution in [0.25, 0.3) is 0 Å². The highest BCUT2D eigenvalue weighted by Crippen LogP contribution is 2.14. The Labute approximate surface area is 74.3 Å². The molecule has 1 unspecified atom stereocenters. The summed E-state index contributed by atoms with van der Waals surface area (Å²) in [5, 5.41) is 0. The van der Waals surface area contributed by atoms with Crippen molar-refractivity contribution in [3.05, 3.63) is 11.8 Å². The zero-order valence-electron chi connectivity index (χ0n) is 6.73. The summed E-state index contributed by atoms with van der Waals surface area (Å²) in [5.74, 6) is 11.6. The largest absolute Gasteiger partial charge is 0.325 e. The van der Waals surface area contributed by atoms with E-state index in [9.17, 15) is 0 Å². The first kappa shape index (κ1) is 7.90. The first-order valence-electron chi connectivity index (χ1n) is 3.68. The lowest BCUT2D eigenvalue weighted by Crippen LogP contribution is -2.40. The standard InChI is InChI=1S/C6H9N7/c7-12-3-1-4(13-8)11-6-5(3)9-2-10-6/h1-2,5,12H,7-8H2,(H,9,10,11,13). The van der Waals surface area contributed by atoms with Crippen LogP contribution >= 0.6 is 0 Å². The van der Waals surface area contributed by atoms with Crippen molar-refractivity contribution >= 4 is 18.0 Å². The number of dihydropyridines is 1. The van der Waals surface area contributed by atoms with Crippen LogP contribution in [0.5, 0.6) is 0 Å². The van der Waals surface area contributed by atoms with Crippen LogP contribution in [0.4, 0.5) is 0 Å². The van der Waals surface area contributed by atoms with Crippen LogP contribution in [-0.2, 0) is 0 Å². The van der Waals surface area contributed by atoms with Crippen LogP contribution in [-0.4, -0.2) is 24.1 Å². The summed E-state index contributed by atoms with van der Waals surface area (Å²) >= 11 is 0. The highest BCUT2D eigenvalue weighted by molar-refractivity contribution is 6.12. The molecule has 2 heterocycles. The van der Waals surface area contributed by atoms with Crippen molar-refractivity contribution in [3.8, 4) is 0 Å². The van der Waals surface area contributed by atoms with Gasteiger partial charge in [0, 0.05) is 6.08 Å². The Bertz CT molecular complexity index is 337. The summed E-state index contributed by atoms with van der Waals surface area (Å²) in [6.07, 6.45) is 3.14. The molecule has 2 aliphatic heterocycles. The number of hydrogen-bond acceptors (Lipinski definition) is 7. The number of hydrazine groups is 2. The Morgan fingerprint density at radius 2 is 2.15 bits per heavy atom. The van der Waals surface area contributed by atoms with E-state index in [2.05, 4.69) is 25.8 Å². The third-order valence-corrected chi connectivity index (χ3v) is 1.79. The average Bonchev–Trinajstić information content (AvgIpc) is 2.63. The van der Waals surface area contributed by atoms with Gasteiger partial charge in [-0.05, 0) is 0 Å². The van der Waals surface area contributed by atoms with Gasteiger partial charge in [0.15, 0.2) is 11.9 Å². The molecule has 0 fully saturated rings. The third kappa shape index (κ3) is 1.19. The van der Waals surface area contributed by atoms with Crippen LogP contribution in [0.1, 0.15) is 0 Å². The fourth-order valence-electron chi connectivity index (χ4n) is 1.18. The Kier molecular flexibility index (Phi) is 1.80. The monoisotopic (exact) mass is 179 g/mol. The van der Waals surface area contributed by atoms with Gasteiger partial charge in [-0.1, -0.05) is 0 Å². The quantitative estimate of drug-likeness (QED) is 0.276. The van der Waals surface area contributed by atoms with Gasteiger partial charge in [-0.2, -0.15) is 0 Å². The maximum atomic E-state index is 5.31. The van der Waals surface area contributed by atoms with Gasteiger partial charge in [0.05, 0.1) is 5.70 Å². The molecule has 68 valence electrons. The number of nitrogens with one attached hydrogen (secondary N) is 2. The van der Waals surface area contributed by atoms with E-state index in [1.807, 2.05) is 0 Å². The van der Waals surface area contributed by atoms with Crippen molar-refractivity contribution in [2.24, 2.45) is 26.7 Å². The summed E-state index contributed by atoms with van der Waals surface area (Å²) < 4.78 is 0. The lowest BCUT2D eigenvalue weighted by Gasteiger charge is -2.17.